The van der Waals surface area contributed by atoms with Crippen LogP contribution in [0.5, 0.6) is 0 Å². The van der Waals surface area contributed by atoms with Gasteiger partial charge in [-0.15, -0.1) is 0 Å². The number of carbonyl (C=O) groups excluding carboxylic acids is 2. The molecule has 0 aliphatic rings. The smallest absolute Gasteiger partial charge is 0.251 e. The minimum absolute atomic E-state index is 0.132. The van der Waals surface area contributed by atoms with Crippen molar-refractivity contribution in [2.24, 2.45) is 0 Å². The van der Waals surface area contributed by atoms with Gasteiger partial charge in [-0.1, -0.05) is 72.3 Å². The maximum atomic E-state index is 12.6. The van der Waals surface area contributed by atoms with Crippen LogP contribution in [0.3, 0.4) is 0 Å². The second kappa shape index (κ2) is 9.72. The second-order valence-electron chi connectivity index (χ2n) is 6.41. The maximum Gasteiger partial charge on any atom is 0.251 e. The van der Waals surface area contributed by atoms with Crippen LogP contribution >= 0.6 is 11.6 Å². The van der Waals surface area contributed by atoms with E-state index in [0.717, 1.165) is 11.1 Å². The number of benzene rings is 3. The summed E-state index contributed by atoms with van der Waals surface area (Å²) in [7, 11) is 0. The molecule has 0 radical (unpaired) electrons. The van der Waals surface area contributed by atoms with Gasteiger partial charge in [0.15, 0.2) is 0 Å². The van der Waals surface area contributed by atoms with Crippen LogP contribution in [0, 0.1) is 0 Å². The Morgan fingerprint density at radius 2 is 1.43 bits per heavy atom. The molecule has 0 aromatic heterocycles. The van der Waals surface area contributed by atoms with Crippen LogP contribution < -0.4 is 10.6 Å². The summed E-state index contributed by atoms with van der Waals surface area (Å²) >= 11 is 5.97. The van der Waals surface area contributed by atoms with E-state index in [1.165, 1.54) is 0 Å². The number of halogens is 1. The fourth-order valence-electron chi connectivity index (χ4n) is 2.83. The molecule has 28 heavy (non-hydrogen) atoms. The van der Waals surface area contributed by atoms with E-state index >= 15 is 0 Å². The van der Waals surface area contributed by atoms with E-state index < -0.39 is 6.04 Å². The van der Waals surface area contributed by atoms with E-state index in [-0.39, 0.29) is 18.2 Å². The zero-order chi connectivity index (χ0) is 19.8. The van der Waals surface area contributed by atoms with Crippen LogP contribution in [0.25, 0.3) is 0 Å². The van der Waals surface area contributed by atoms with Crippen LogP contribution in [0.4, 0.5) is 0 Å². The van der Waals surface area contributed by atoms with Crippen molar-refractivity contribution in [3.05, 3.63) is 107 Å². The Morgan fingerprint density at radius 1 is 0.821 bits per heavy atom. The summed E-state index contributed by atoms with van der Waals surface area (Å²) in [5, 5.41) is 6.46. The summed E-state index contributed by atoms with van der Waals surface area (Å²) in [6, 6.07) is 25.3. The highest BCUT2D eigenvalue weighted by molar-refractivity contribution is 6.30. The van der Waals surface area contributed by atoms with E-state index in [4.69, 9.17) is 11.6 Å². The van der Waals surface area contributed by atoms with Gasteiger partial charge < -0.3 is 10.6 Å². The largest absolute Gasteiger partial charge is 0.352 e. The van der Waals surface area contributed by atoms with Gasteiger partial charge in [0.1, 0.15) is 0 Å². The van der Waals surface area contributed by atoms with Crippen LogP contribution in [0.2, 0.25) is 5.02 Å². The molecule has 0 bridgehead atoms. The van der Waals surface area contributed by atoms with Crippen molar-refractivity contribution in [2.75, 3.05) is 0 Å². The lowest BCUT2D eigenvalue weighted by molar-refractivity contribution is -0.121. The highest BCUT2D eigenvalue weighted by Gasteiger charge is 2.19. The third kappa shape index (κ3) is 5.69. The molecule has 3 rings (SSSR count). The Balaban J connectivity index is 1.69. The molecule has 142 valence electrons. The molecule has 3 aromatic rings. The van der Waals surface area contributed by atoms with Crippen LogP contribution in [-0.2, 0) is 11.3 Å². The van der Waals surface area contributed by atoms with Crippen molar-refractivity contribution >= 4 is 23.4 Å². The normalized spacial score (nSPS) is 11.5. The Morgan fingerprint density at radius 3 is 2.07 bits per heavy atom. The van der Waals surface area contributed by atoms with Crippen LogP contribution in [0.15, 0.2) is 84.9 Å². The average Bonchev–Trinajstić information content (AvgIpc) is 2.74. The fourth-order valence-corrected chi connectivity index (χ4v) is 2.96. The lowest BCUT2D eigenvalue weighted by Crippen LogP contribution is -2.33. The van der Waals surface area contributed by atoms with Crippen molar-refractivity contribution in [3.8, 4) is 0 Å². The number of hydrogen-bond acceptors (Lipinski definition) is 2. The van der Waals surface area contributed by atoms with Crippen LogP contribution in [0.1, 0.15) is 33.9 Å². The monoisotopic (exact) mass is 392 g/mol. The topological polar surface area (TPSA) is 58.2 Å². The summed E-state index contributed by atoms with van der Waals surface area (Å²) in [6.45, 7) is 0.444. The first kappa shape index (κ1) is 19.6. The first-order chi connectivity index (χ1) is 13.6. The molecule has 5 heteroatoms. The molecule has 0 aliphatic heterocycles. The Labute approximate surface area is 169 Å². The van der Waals surface area contributed by atoms with Gasteiger partial charge in [-0.05, 0) is 35.4 Å². The van der Waals surface area contributed by atoms with Gasteiger partial charge in [-0.2, -0.15) is 0 Å². The Hall–Kier alpha value is -3.11. The molecule has 2 N–H and O–H groups in total. The number of nitrogens with one attached hydrogen (secondary N) is 2. The quantitative estimate of drug-likeness (QED) is 0.621. The van der Waals surface area contributed by atoms with E-state index in [0.29, 0.717) is 17.1 Å². The molecule has 0 heterocycles. The molecule has 0 saturated heterocycles. The summed E-state index contributed by atoms with van der Waals surface area (Å²) < 4.78 is 0. The van der Waals surface area contributed by atoms with Crippen molar-refractivity contribution in [1.82, 2.24) is 10.6 Å². The zero-order valence-electron chi connectivity index (χ0n) is 15.3. The number of carbonyl (C=O) groups is 2. The maximum absolute atomic E-state index is 12.6. The van der Waals surface area contributed by atoms with E-state index in [1.54, 1.807) is 36.4 Å². The number of rotatable bonds is 7. The highest BCUT2D eigenvalue weighted by Crippen LogP contribution is 2.20. The van der Waals surface area contributed by atoms with Crippen molar-refractivity contribution in [1.29, 1.82) is 0 Å². The average molecular weight is 393 g/mol. The molecule has 2 amide bonds. The summed E-state index contributed by atoms with van der Waals surface area (Å²) in [4.78, 5) is 25.1. The zero-order valence-corrected chi connectivity index (χ0v) is 16.0. The molecule has 0 saturated carbocycles. The van der Waals surface area contributed by atoms with Gasteiger partial charge in [0.25, 0.3) is 5.91 Å². The molecule has 1 atom stereocenters. The Kier molecular flexibility index (Phi) is 6.82. The molecular weight excluding hydrogens is 372 g/mol. The van der Waals surface area contributed by atoms with Gasteiger partial charge >= 0.3 is 0 Å². The lowest BCUT2D eigenvalue weighted by Gasteiger charge is -2.19. The van der Waals surface area contributed by atoms with Crippen molar-refractivity contribution in [3.63, 3.8) is 0 Å². The molecular formula is C23H21ClN2O2. The molecule has 4 nitrogen and oxygen atoms in total. The SMILES string of the molecule is O=C(CC(NC(=O)c1ccccc1)c1ccc(Cl)cc1)NCc1ccccc1. The summed E-state index contributed by atoms with van der Waals surface area (Å²) in [6.07, 6.45) is 0.132. The fraction of sp³-hybridized carbons (Fsp3) is 0.130. The third-order valence-electron chi connectivity index (χ3n) is 4.34. The summed E-state index contributed by atoms with van der Waals surface area (Å²) in [5.41, 5.74) is 2.39. The molecule has 0 spiro atoms. The Bertz CT molecular complexity index is 912. The van der Waals surface area contributed by atoms with Gasteiger partial charge in [-0.3, -0.25) is 9.59 Å². The predicted molar refractivity (Wildman–Crippen MR) is 111 cm³/mol. The minimum atomic E-state index is -0.458. The third-order valence-corrected chi connectivity index (χ3v) is 4.59. The predicted octanol–water partition coefficient (Wildman–Crippen LogP) is 4.52. The van der Waals surface area contributed by atoms with Gasteiger partial charge in [0, 0.05) is 17.1 Å². The minimum Gasteiger partial charge on any atom is -0.352 e. The van der Waals surface area contributed by atoms with E-state index in [2.05, 4.69) is 10.6 Å². The second-order valence-corrected chi connectivity index (χ2v) is 6.85. The summed E-state index contributed by atoms with van der Waals surface area (Å²) in [5.74, 6) is -0.367. The first-order valence-electron chi connectivity index (χ1n) is 9.04. The molecule has 0 aliphatic carbocycles. The number of hydrogen-bond donors (Lipinski definition) is 2. The van der Waals surface area contributed by atoms with E-state index in [1.807, 2.05) is 48.5 Å². The molecule has 3 aromatic carbocycles. The number of amides is 2. The first-order valence-corrected chi connectivity index (χ1v) is 9.41. The molecule has 1 unspecified atom stereocenters. The van der Waals surface area contributed by atoms with Crippen molar-refractivity contribution in [2.45, 2.75) is 19.0 Å². The van der Waals surface area contributed by atoms with Gasteiger partial charge in [-0.25, -0.2) is 0 Å². The standard InChI is InChI=1S/C23H21ClN2O2/c24-20-13-11-18(12-14-20)21(26-23(28)19-9-5-2-6-10-19)15-22(27)25-16-17-7-3-1-4-8-17/h1-14,21H,15-16H2,(H,25,27)(H,26,28). The van der Waals surface area contributed by atoms with Gasteiger partial charge in [0.2, 0.25) is 5.91 Å². The highest BCUT2D eigenvalue weighted by atomic mass is 35.5. The lowest BCUT2D eigenvalue weighted by atomic mass is 10.0. The van der Waals surface area contributed by atoms with E-state index in [9.17, 15) is 9.59 Å². The van der Waals surface area contributed by atoms with Gasteiger partial charge in [0.05, 0.1) is 12.5 Å². The molecule has 0 fully saturated rings. The van der Waals surface area contributed by atoms with Crippen LogP contribution in [-0.4, -0.2) is 11.8 Å². The van der Waals surface area contributed by atoms with Crippen molar-refractivity contribution < 1.29 is 9.59 Å².